The molecule has 0 bridgehead atoms. The molecular formula is C15H14N2O2. The van der Waals surface area contributed by atoms with E-state index in [1.54, 1.807) is 18.2 Å². The van der Waals surface area contributed by atoms with Crippen molar-refractivity contribution in [1.82, 2.24) is 9.78 Å². The van der Waals surface area contributed by atoms with Gasteiger partial charge in [-0.2, -0.15) is 5.10 Å². The lowest BCUT2D eigenvalue weighted by Gasteiger charge is -2.06. The van der Waals surface area contributed by atoms with Gasteiger partial charge in [0.25, 0.3) is 5.56 Å². The fourth-order valence-corrected chi connectivity index (χ4v) is 2.40. The highest BCUT2D eigenvalue weighted by molar-refractivity contribution is 5.95. The predicted octanol–water partition coefficient (Wildman–Crippen LogP) is 1.61. The second-order valence-corrected chi connectivity index (χ2v) is 4.75. The van der Waals surface area contributed by atoms with Gasteiger partial charge in [-0.05, 0) is 24.8 Å². The van der Waals surface area contributed by atoms with Crippen molar-refractivity contribution in [2.75, 3.05) is 0 Å². The van der Waals surface area contributed by atoms with Crippen LogP contribution in [0.15, 0.2) is 41.2 Å². The van der Waals surface area contributed by atoms with E-state index in [9.17, 15) is 9.59 Å². The van der Waals surface area contributed by atoms with Gasteiger partial charge in [0.1, 0.15) is 6.54 Å². The number of aryl methyl sites for hydroxylation is 2. The number of fused-ring (bicyclic) bond motifs is 1. The van der Waals surface area contributed by atoms with Crippen molar-refractivity contribution in [2.45, 2.75) is 25.8 Å². The average Bonchev–Trinajstić information content (AvgIpc) is 2.87. The Kier molecular flexibility index (Phi) is 2.99. The molecule has 0 unspecified atom stereocenters. The Bertz CT molecular complexity index is 674. The number of carbonyl (C=O) groups excluding carboxylic acids is 1. The summed E-state index contributed by atoms with van der Waals surface area (Å²) in [6.45, 7) is 0.0100. The van der Waals surface area contributed by atoms with Crippen LogP contribution in [0.3, 0.4) is 0 Å². The molecule has 0 saturated carbocycles. The Morgan fingerprint density at radius 1 is 1.21 bits per heavy atom. The van der Waals surface area contributed by atoms with Gasteiger partial charge in [-0.3, -0.25) is 9.59 Å². The molecule has 96 valence electrons. The second kappa shape index (κ2) is 4.80. The van der Waals surface area contributed by atoms with Crippen molar-refractivity contribution in [3.05, 3.63) is 63.6 Å². The van der Waals surface area contributed by atoms with Crippen LogP contribution in [-0.2, 0) is 19.4 Å². The maximum Gasteiger partial charge on any atom is 0.267 e. The lowest BCUT2D eigenvalue weighted by molar-refractivity contribution is 0.0965. The summed E-state index contributed by atoms with van der Waals surface area (Å²) >= 11 is 0. The van der Waals surface area contributed by atoms with E-state index in [1.165, 1.54) is 4.68 Å². The van der Waals surface area contributed by atoms with Crippen LogP contribution in [-0.4, -0.2) is 15.6 Å². The molecule has 19 heavy (non-hydrogen) atoms. The van der Waals surface area contributed by atoms with Gasteiger partial charge in [0.2, 0.25) is 0 Å². The van der Waals surface area contributed by atoms with Gasteiger partial charge in [0.05, 0.1) is 5.69 Å². The van der Waals surface area contributed by atoms with E-state index in [0.29, 0.717) is 5.56 Å². The minimum atomic E-state index is -0.190. The van der Waals surface area contributed by atoms with Crippen LogP contribution in [0.4, 0.5) is 0 Å². The van der Waals surface area contributed by atoms with Gasteiger partial charge in [-0.25, -0.2) is 4.68 Å². The molecule has 4 heteroatoms. The zero-order valence-corrected chi connectivity index (χ0v) is 10.5. The van der Waals surface area contributed by atoms with Crippen LogP contribution in [0, 0.1) is 0 Å². The van der Waals surface area contributed by atoms with Crippen molar-refractivity contribution in [2.24, 2.45) is 0 Å². The van der Waals surface area contributed by atoms with E-state index < -0.39 is 0 Å². The number of hydrogen-bond acceptors (Lipinski definition) is 3. The molecule has 1 aliphatic rings. The molecule has 0 atom stereocenters. The summed E-state index contributed by atoms with van der Waals surface area (Å²) in [6, 6.07) is 10.6. The van der Waals surface area contributed by atoms with Gasteiger partial charge in [-0.1, -0.05) is 30.3 Å². The third-order valence-corrected chi connectivity index (χ3v) is 3.41. The molecule has 0 aliphatic heterocycles. The monoisotopic (exact) mass is 254 g/mol. The molecule has 1 aromatic carbocycles. The number of hydrogen-bond donors (Lipinski definition) is 0. The lowest BCUT2D eigenvalue weighted by atomic mass is 10.1. The summed E-state index contributed by atoms with van der Waals surface area (Å²) in [6.07, 6.45) is 2.86. The van der Waals surface area contributed by atoms with Crippen LogP contribution in [0.25, 0.3) is 0 Å². The summed E-state index contributed by atoms with van der Waals surface area (Å²) in [5.41, 5.74) is 2.41. The highest BCUT2D eigenvalue weighted by Gasteiger charge is 2.16. The van der Waals surface area contributed by atoms with Gasteiger partial charge in [0.15, 0.2) is 5.78 Å². The van der Waals surface area contributed by atoms with Crippen LogP contribution in [0.1, 0.15) is 28.0 Å². The van der Waals surface area contributed by atoms with E-state index in [0.717, 1.165) is 30.5 Å². The normalized spacial score (nSPS) is 13.3. The maximum atomic E-state index is 12.1. The molecule has 1 aliphatic carbocycles. The van der Waals surface area contributed by atoms with Crippen molar-refractivity contribution >= 4 is 5.78 Å². The fraction of sp³-hybridized carbons (Fsp3) is 0.267. The summed E-state index contributed by atoms with van der Waals surface area (Å²) < 4.78 is 1.28. The standard InChI is InChI=1S/C15H14N2O2/c18-14(11-5-2-1-3-6-11)10-17-15(19)9-12-7-4-8-13(12)16-17/h1-3,5-6,9H,4,7-8,10H2. The SMILES string of the molecule is O=C(Cn1nc2c(cc1=O)CCC2)c1ccccc1. The molecule has 1 aromatic heterocycles. The van der Waals surface area contributed by atoms with E-state index in [4.69, 9.17) is 0 Å². The van der Waals surface area contributed by atoms with Crippen molar-refractivity contribution in [3.8, 4) is 0 Å². The van der Waals surface area contributed by atoms with Gasteiger partial charge < -0.3 is 0 Å². The topological polar surface area (TPSA) is 52.0 Å². The smallest absolute Gasteiger partial charge is 0.267 e. The first-order valence-corrected chi connectivity index (χ1v) is 6.42. The third kappa shape index (κ3) is 2.34. The van der Waals surface area contributed by atoms with E-state index in [1.807, 2.05) is 18.2 Å². The summed E-state index contributed by atoms with van der Waals surface area (Å²) in [7, 11) is 0. The minimum absolute atomic E-state index is 0.0100. The largest absolute Gasteiger partial charge is 0.292 e. The lowest BCUT2D eigenvalue weighted by Crippen LogP contribution is -2.27. The second-order valence-electron chi connectivity index (χ2n) is 4.75. The first-order chi connectivity index (χ1) is 9.24. The fourth-order valence-electron chi connectivity index (χ4n) is 2.40. The Morgan fingerprint density at radius 3 is 2.79 bits per heavy atom. The Labute approximate surface area is 110 Å². The maximum absolute atomic E-state index is 12.1. The van der Waals surface area contributed by atoms with Gasteiger partial charge >= 0.3 is 0 Å². The molecule has 3 rings (SSSR count). The van der Waals surface area contributed by atoms with E-state index in [-0.39, 0.29) is 17.9 Å². The van der Waals surface area contributed by atoms with Crippen LogP contribution in [0.5, 0.6) is 0 Å². The Balaban J connectivity index is 1.88. The number of rotatable bonds is 3. The minimum Gasteiger partial charge on any atom is -0.292 e. The quantitative estimate of drug-likeness (QED) is 0.782. The first kappa shape index (κ1) is 11.8. The van der Waals surface area contributed by atoms with Crippen molar-refractivity contribution < 1.29 is 4.79 Å². The van der Waals surface area contributed by atoms with Gasteiger partial charge in [-0.15, -0.1) is 0 Å². The van der Waals surface area contributed by atoms with Crippen LogP contribution >= 0.6 is 0 Å². The molecule has 1 heterocycles. The zero-order valence-electron chi connectivity index (χ0n) is 10.5. The molecular weight excluding hydrogens is 240 g/mol. The van der Waals surface area contributed by atoms with E-state index >= 15 is 0 Å². The molecule has 0 radical (unpaired) electrons. The molecule has 0 fully saturated rings. The van der Waals surface area contributed by atoms with Gasteiger partial charge in [0, 0.05) is 11.6 Å². The van der Waals surface area contributed by atoms with E-state index in [2.05, 4.69) is 5.10 Å². The van der Waals surface area contributed by atoms with Crippen LogP contribution < -0.4 is 5.56 Å². The summed E-state index contributed by atoms with van der Waals surface area (Å²) in [5.74, 6) is -0.0897. The Morgan fingerprint density at radius 2 is 2.00 bits per heavy atom. The number of ketones is 1. The highest BCUT2D eigenvalue weighted by atomic mass is 16.1. The zero-order chi connectivity index (χ0) is 13.2. The number of nitrogens with zero attached hydrogens (tertiary/aromatic N) is 2. The number of aromatic nitrogens is 2. The molecule has 0 amide bonds. The number of carbonyl (C=O) groups is 1. The molecule has 4 nitrogen and oxygen atoms in total. The summed E-state index contributed by atoms with van der Waals surface area (Å²) in [4.78, 5) is 24.0. The molecule has 0 N–H and O–H groups in total. The molecule has 2 aromatic rings. The highest BCUT2D eigenvalue weighted by Crippen LogP contribution is 2.17. The third-order valence-electron chi connectivity index (χ3n) is 3.41. The van der Waals surface area contributed by atoms with Crippen molar-refractivity contribution in [3.63, 3.8) is 0 Å². The average molecular weight is 254 g/mol. The first-order valence-electron chi connectivity index (χ1n) is 6.42. The molecule has 0 saturated heterocycles. The number of benzene rings is 1. The predicted molar refractivity (Wildman–Crippen MR) is 71.3 cm³/mol. The summed E-state index contributed by atoms with van der Waals surface area (Å²) in [5, 5.41) is 4.30. The molecule has 0 spiro atoms. The number of Topliss-reactive ketones (excluding diaryl/α,β-unsaturated/α-hetero) is 1. The van der Waals surface area contributed by atoms with Crippen molar-refractivity contribution in [1.29, 1.82) is 0 Å². The Hall–Kier alpha value is -2.23. The van der Waals surface area contributed by atoms with Crippen LogP contribution in [0.2, 0.25) is 0 Å².